The summed E-state index contributed by atoms with van der Waals surface area (Å²) < 4.78 is 5.03. The number of rotatable bonds is 7. The Hall–Kier alpha value is -1.41. The van der Waals surface area contributed by atoms with Crippen molar-refractivity contribution in [1.29, 1.82) is 5.26 Å². The Balaban J connectivity index is 2.61. The molecule has 0 amide bonds. The Labute approximate surface area is 102 Å². The molecule has 0 saturated heterocycles. The van der Waals surface area contributed by atoms with Gasteiger partial charge < -0.3 is 9.84 Å². The highest BCUT2D eigenvalue weighted by Gasteiger charge is 2.05. The molecule has 0 spiro atoms. The number of nitriles is 1. The second-order valence-electron chi connectivity index (χ2n) is 3.80. The van der Waals surface area contributed by atoms with Gasteiger partial charge in [0, 0.05) is 26.7 Å². The molecule has 92 valence electrons. The molecular weight excluding hydrogens is 216 g/mol. The second kappa shape index (κ2) is 7.80. The first-order valence-electron chi connectivity index (χ1n) is 5.61. The van der Waals surface area contributed by atoms with Crippen LogP contribution in [0.25, 0.3) is 0 Å². The van der Waals surface area contributed by atoms with Gasteiger partial charge in [-0.05, 0) is 17.7 Å². The van der Waals surface area contributed by atoms with Crippen LogP contribution in [0.1, 0.15) is 11.1 Å². The first-order valence-corrected chi connectivity index (χ1v) is 5.61. The highest BCUT2D eigenvalue weighted by Crippen LogP contribution is 2.07. The Bertz CT molecular complexity index is 374. The van der Waals surface area contributed by atoms with E-state index in [1.807, 2.05) is 18.2 Å². The quantitative estimate of drug-likeness (QED) is 0.764. The molecule has 1 aromatic carbocycles. The van der Waals surface area contributed by atoms with Gasteiger partial charge in [-0.3, -0.25) is 4.90 Å². The van der Waals surface area contributed by atoms with E-state index in [1.54, 1.807) is 13.2 Å². The van der Waals surface area contributed by atoms with Gasteiger partial charge in [0.05, 0.1) is 24.8 Å². The molecule has 17 heavy (non-hydrogen) atoms. The van der Waals surface area contributed by atoms with Crippen molar-refractivity contribution in [2.24, 2.45) is 0 Å². The number of methoxy groups -OCH3 is 1. The first kappa shape index (κ1) is 13.7. The monoisotopic (exact) mass is 234 g/mol. The maximum Gasteiger partial charge on any atom is 0.0991 e. The number of benzene rings is 1. The van der Waals surface area contributed by atoms with E-state index in [4.69, 9.17) is 15.1 Å². The summed E-state index contributed by atoms with van der Waals surface area (Å²) in [6.45, 7) is 2.87. The minimum absolute atomic E-state index is 0.127. The van der Waals surface area contributed by atoms with Crippen molar-refractivity contribution in [2.75, 3.05) is 33.4 Å². The van der Waals surface area contributed by atoms with Gasteiger partial charge in [-0.1, -0.05) is 12.1 Å². The number of hydrogen-bond acceptors (Lipinski definition) is 4. The van der Waals surface area contributed by atoms with Gasteiger partial charge in [-0.15, -0.1) is 0 Å². The van der Waals surface area contributed by atoms with E-state index in [-0.39, 0.29) is 6.61 Å². The summed E-state index contributed by atoms with van der Waals surface area (Å²) in [5.74, 6) is 0. The SMILES string of the molecule is COCCN(CCO)Cc1cccc(C#N)c1. The molecule has 0 aliphatic rings. The van der Waals surface area contributed by atoms with Gasteiger partial charge in [0.2, 0.25) is 0 Å². The van der Waals surface area contributed by atoms with Crippen molar-refractivity contribution in [3.8, 4) is 6.07 Å². The molecule has 0 atom stereocenters. The van der Waals surface area contributed by atoms with Crippen LogP contribution in [0, 0.1) is 11.3 Å². The Morgan fingerprint density at radius 3 is 2.88 bits per heavy atom. The Kier molecular flexibility index (Phi) is 6.26. The predicted octanol–water partition coefficient (Wildman–Crippen LogP) is 0.999. The van der Waals surface area contributed by atoms with E-state index < -0.39 is 0 Å². The maximum absolute atomic E-state index is 8.98. The fourth-order valence-corrected chi connectivity index (χ4v) is 1.63. The second-order valence-corrected chi connectivity index (χ2v) is 3.80. The number of aliphatic hydroxyl groups is 1. The van der Waals surface area contributed by atoms with Gasteiger partial charge in [0.25, 0.3) is 0 Å². The number of aliphatic hydroxyl groups excluding tert-OH is 1. The summed E-state index contributed by atoms with van der Waals surface area (Å²) in [5, 5.41) is 17.8. The molecule has 0 aliphatic carbocycles. The molecule has 0 aliphatic heterocycles. The summed E-state index contributed by atoms with van der Waals surface area (Å²) in [6, 6.07) is 9.64. The van der Waals surface area contributed by atoms with Gasteiger partial charge >= 0.3 is 0 Å². The third-order valence-corrected chi connectivity index (χ3v) is 2.49. The van der Waals surface area contributed by atoms with Crippen LogP contribution in [0.5, 0.6) is 0 Å². The standard InChI is InChI=1S/C13H18N2O2/c1-17-8-6-15(5-7-16)11-13-4-2-3-12(9-13)10-14/h2-4,9,16H,5-8,11H2,1H3. The van der Waals surface area contributed by atoms with E-state index in [1.165, 1.54) is 0 Å². The molecule has 1 N–H and O–H groups in total. The summed E-state index contributed by atoms with van der Waals surface area (Å²) in [4.78, 5) is 2.10. The molecule has 0 saturated carbocycles. The van der Waals surface area contributed by atoms with E-state index in [2.05, 4.69) is 11.0 Å². The van der Waals surface area contributed by atoms with Gasteiger partial charge in [-0.2, -0.15) is 5.26 Å². The van der Waals surface area contributed by atoms with Crippen LogP contribution in [0.15, 0.2) is 24.3 Å². The maximum atomic E-state index is 8.98. The predicted molar refractivity (Wildman–Crippen MR) is 65.4 cm³/mol. The molecule has 1 rings (SSSR count). The minimum atomic E-state index is 0.127. The molecule has 0 fully saturated rings. The first-order chi connectivity index (χ1) is 8.30. The van der Waals surface area contributed by atoms with E-state index in [0.29, 0.717) is 18.7 Å². The molecule has 0 radical (unpaired) electrons. The van der Waals surface area contributed by atoms with Crippen LogP contribution >= 0.6 is 0 Å². The topological polar surface area (TPSA) is 56.5 Å². The summed E-state index contributed by atoms with van der Waals surface area (Å²) >= 11 is 0. The molecule has 1 aromatic rings. The van der Waals surface area contributed by atoms with E-state index in [0.717, 1.165) is 18.7 Å². The molecule has 0 heterocycles. The minimum Gasteiger partial charge on any atom is -0.395 e. The van der Waals surface area contributed by atoms with Gasteiger partial charge in [0.15, 0.2) is 0 Å². The molecular formula is C13H18N2O2. The van der Waals surface area contributed by atoms with E-state index >= 15 is 0 Å². The highest BCUT2D eigenvalue weighted by molar-refractivity contribution is 5.32. The number of hydrogen-bond donors (Lipinski definition) is 1. The van der Waals surface area contributed by atoms with Crippen molar-refractivity contribution < 1.29 is 9.84 Å². The fourth-order valence-electron chi connectivity index (χ4n) is 1.63. The van der Waals surface area contributed by atoms with Crippen LogP contribution < -0.4 is 0 Å². The third kappa shape index (κ3) is 4.96. The lowest BCUT2D eigenvalue weighted by atomic mass is 10.1. The third-order valence-electron chi connectivity index (χ3n) is 2.49. The van der Waals surface area contributed by atoms with Gasteiger partial charge in [0.1, 0.15) is 0 Å². The Morgan fingerprint density at radius 1 is 1.41 bits per heavy atom. The summed E-state index contributed by atoms with van der Waals surface area (Å²) in [5.41, 5.74) is 1.74. The fraction of sp³-hybridized carbons (Fsp3) is 0.462. The van der Waals surface area contributed by atoms with Crippen LogP contribution in [0.2, 0.25) is 0 Å². The number of nitrogens with zero attached hydrogens (tertiary/aromatic N) is 2. The smallest absolute Gasteiger partial charge is 0.0991 e. The molecule has 0 bridgehead atoms. The average Bonchev–Trinajstić information content (AvgIpc) is 2.36. The lowest BCUT2D eigenvalue weighted by Crippen LogP contribution is -2.29. The van der Waals surface area contributed by atoms with Crippen molar-refractivity contribution >= 4 is 0 Å². The molecule has 0 unspecified atom stereocenters. The zero-order chi connectivity index (χ0) is 12.5. The van der Waals surface area contributed by atoms with Crippen LogP contribution in [0.3, 0.4) is 0 Å². The number of ether oxygens (including phenoxy) is 1. The normalized spacial score (nSPS) is 10.5. The zero-order valence-electron chi connectivity index (χ0n) is 10.1. The molecule has 0 aromatic heterocycles. The van der Waals surface area contributed by atoms with Crippen molar-refractivity contribution in [2.45, 2.75) is 6.54 Å². The Morgan fingerprint density at radius 2 is 2.24 bits per heavy atom. The lowest BCUT2D eigenvalue weighted by molar-refractivity contribution is 0.127. The van der Waals surface area contributed by atoms with E-state index in [9.17, 15) is 0 Å². The summed E-state index contributed by atoms with van der Waals surface area (Å²) in [6.07, 6.45) is 0. The molecule has 4 heteroatoms. The average molecular weight is 234 g/mol. The van der Waals surface area contributed by atoms with Crippen molar-refractivity contribution in [3.63, 3.8) is 0 Å². The van der Waals surface area contributed by atoms with Crippen LogP contribution in [0.4, 0.5) is 0 Å². The summed E-state index contributed by atoms with van der Waals surface area (Å²) in [7, 11) is 1.66. The van der Waals surface area contributed by atoms with Crippen LogP contribution in [-0.2, 0) is 11.3 Å². The highest BCUT2D eigenvalue weighted by atomic mass is 16.5. The van der Waals surface area contributed by atoms with Crippen LogP contribution in [-0.4, -0.2) is 43.4 Å². The molecule has 4 nitrogen and oxygen atoms in total. The van der Waals surface area contributed by atoms with Gasteiger partial charge in [-0.25, -0.2) is 0 Å². The lowest BCUT2D eigenvalue weighted by Gasteiger charge is -2.20. The largest absolute Gasteiger partial charge is 0.395 e. The van der Waals surface area contributed by atoms with Crippen molar-refractivity contribution in [3.05, 3.63) is 35.4 Å². The van der Waals surface area contributed by atoms with Crippen molar-refractivity contribution in [1.82, 2.24) is 4.90 Å². The zero-order valence-corrected chi connectivity index (χ0v) is 10.1.